The maximum absolute atomic E-state index is 12.9. The van der Waals surface area contributed by atoms with Crippen molar-refractivity contribution < 1.29 is 13.2 Å². The second-order valence-electron chi connectivity index (χ2n) is 3.90. The van der Waals surface area contributed by atoms with E-state index in [0.717, 1.165) is 17.7 Å². The summed E-state index contributed by atoms with van der Waals surface area (Å²) in [4.78, 5) is 0. The Bertz CT molecular complexity index is 378. The monoisotopic (exact) mass is 229 g/mol. The first-order valence-electron chi connectivity index (χ1n) is 4.96. The van der Waals surface area contributed by atoms with Crippen molar-refractivity contribution in [1.82, 2.24) is 0 Å². The number of rotatable bonds is 4. The Balaban J connectivity index is 2.84. The number of nitrogens with two attached hydrogens (primary N) is 1. The molecule has 1 aromatic rings. The molecule has 0 aliphatic rings. The summed E-state index contributed by atoms with van der Waals surface area (Å²) in [5.74, 6) is -3.88. The molecule has 0 fully saturated rings. The highest BCUT2D eigenvalue weighted by Gasteiger charge is 2.14. The fourth-order valence-corrected chi connectivity index (χ4v) is 1.36. The van der Waals surface area contributed by atoms with Gasteiger partial charge in [0.15, 0.2) is 17.5 Å². The quantitative estimate of drug-likeness (QED) is 0.621. The van der Waals surface area contributed by atoms with Crippen molar-refractivity contribution in [2.75, 3.05) is 0 Å². The molecule has 1 rings (SSSR count). The van der Waals surface area contributed by atoms with E-state index in [4.69, 9.17) is 5.73 Å². The molecule has 16 heavy (non-hydrogen) atoms. The van der Waals surface area contributed by atoms with Gasteiger partial charge in [-0.25, -0.2) is 13.2 Å². The average molecular weight is 229 g/mol. The van der Waals surface area contributed by atoms with E-state index in [-0.39, 0.29) is 5.56 Å². The van der Waals surface area contributed by atoms with Crippen molar-refractivity contribution in [3.8, 4) is 0 Å². The van der Waals surface area contributed by atoms with E-state index < -0.39 is 23.5 Å². The summed E-state index contributed by atoms with van der Waals surface area (Å²) < 4.78 is 38.5. The molecule has 0 saturated carbocycles. The highest BCUT2D eigenvalue weighted by Crippen LogP contribution is 2.21. The fourth-order valence-electron chi connectivity index (χ4n) is 1.36. The summed E-state index contributed by atoms with van der Waals surface area (Å²) >= 11 is 0. The normalized spacial score (nSPS) is 12.6. The van der Waals surface area contributed by atoms with Crippen LogP contribution in [0.3, 0.4) is 0 Å². The molecule has 0 radical (unpaired) electrons. The zero-order valence-corrected chi connectivity index (χ0v) is 9.06. The first-order valence-corrected chi connectivity index (χ1v) is 4.96. The van der Waals surface area contributed by atoms with Gasteiger partial charge in [-0.3, -0.25) is 0 Å². The van der Waals surface area contributed by atoms with Crippen molar-refractivity contribution in [3.05, 3.63) is 47.3 Å². The van der Waals surface area contributed by atoms with E-state index in [1.54, 1.807) is 0 Å². The van der Waals surface area contributed by atoms with Crippen molar-refractivity contribution >= 4 is 0 Å². The number of benzene rings is 1. The Hall–Kier alpha value is -1.29. The molecule has 88 valence electrons. The van der Waals surface area contributed by atoms with Gasteiger partial charge >= 0.3 is 0 Å². The van der Waals surface area contributed by atoms with Crippen molar-refractivity contribution in [2.45, 2.75) is 25.8 Å². The Morgan fingerprint density at radius 2 is 1.81 bits per heavy atom. The van der Waals surface area contributed by atoms with E-state index in [0.29, 0.717) is 12.8 Å². The molecule has 0 aliphatic heterocycles. The predicted molar refractivity (Wildman–Crippen MR) is 57.3 cm³/mol. The minimum absolute atomic E-state index is 0.262. The van der Waals surface area contributed by atoms with E-state index in [2.05, 4.69) is 6.58 Å². The summed E-state index contributed by atoms with van der Waals surface area (Å²) in [6, 6.07) is 1.35. The molecule has 4 heteroatoms. The minimum atomic E-state index is -1.46. The minimum Gasteiger partial charge on any atom is -0.324 e. The summed E-state index contributed by atoms with van der Waals surface area (Å²) in [5, 5.41) is 0. The van der Waals surface area contributed by atoms with Crippen LogP contribution in [0, 0.1) is 17.5 Å². The molecule has 2 N–H and O–H groups in total. The van der Waals surface area contributed by atoms with Gasteiger partial charge in [0.25, 0.3) is 0 Å². The third-order valence-electron chi connectivity index (χ3n) is 2.32. The van der Waals surface area contributed by atoms with Crippen LogP contribution in [0.5, 0.6) is 0 Å². The second-order valence-corrected chi connectivity index (χ2v) is 3.90. The van der Waals surface area contributed by atoms with Gasteiger partial charge in [0.05, 0.1) is 0 Å². The van der Waals surface area contributed by atoms with Crippen LogP contribution in [0.1, 0.15) is 31.4 Å². The van der Waals surface area contributed by atoms with E-state index in [9.17, 15) is 13.2 Å². The summed E-state index contributed by atoms with van der Waals surface area (Å²) in [6.45, 7) is 5.55. The lowest BCUT2D eigenvalue weighted by atomic mass is 10.0. The Labute approximate surface area is 92.8 Å². The molecule has 0 bridgehead atoms. The molecule has 0 aromatic heterocycles. The molecule has 0 amide bonds. The molecule has 1 aromatic carbocycles. The second kappa shape index (κ2) is 5.16. The van der Waals surface area contributed by atoms with Crippen LogP contribution >= 0.6 is 0 Å². The third-order valence-corrected chi connectivity index (χ3v) is 2.32. The summed E-state index contributed by atoms with van der Waals surface area (Å²) in [6.07, 6.45) is 1.20. The Morgan fingerprint density at radius 3 is 2.25 bits per heavy atom. The zero-order chi connectivity index (χ0) is 12.3. The average Bonchev–Trinajstić information content (AvgIpc) is 2.21. The van der Waals surface area contributed by atoms with Gasteiger partial charge in [-0.1, -0.05) is 5.57 Å². The first kappa shape index (κ1) is 12.8. The molecule has 0 aliphatic carbocycles. The van der Waals surface area contributed by atoms with Gasteiger partial charge in [-0.15, -0.1) is 6.58 Å². The van der Waals surface area contributed by atoms with E-state index in [1.165, 1.54) is 0 Å². The fraction of sp³-hybridized carbons (Fsp3) is 0.333. The molecule has 1 atom stereocenters. The number of hydrogen-bond donors (Lipinski definition) is 1. The molecule has 1 unspecified atom stereocenters. The summed E-state index contributed by atoms with van der Waals surface area (Å²) in [5.41, 5.74) is 6.94. The van der Waals surface area contributed by atoms with Crippen molar-refractivity contribution in [1.29, 1.82) is 0 Å². The SMILES string of the molecule is C=C(C)CCC(N)c1cc(F)c(F)c(F)c1. The molecule has 1 nitrogen and oxygen atoms in total. The topological polar surface area (TPSA) is 26.0 Å². The third kappa shape index (κ3) is 3.10. The van der Waals surface area contributed by atoms with Crippen LogP contribution in [0.25, 0.3) is 0 Å². The highest BCUT2D eigenvalue weighted by molar-refractivity contribution is 5.22. The molecule has 0 saturated heterocycles. The largest absolute Gasteiger partial charge is 0.324 e. The number of allylic oxidation sites excluding steroid dienone is 1. The lowest BCUT2D eigenvalue weighted by Gasteiger charge is -2.12. The van der Waals surface area contributed by atoms with Crippen molar-refractivity contribution in [3.63, 3.8) is 0 Å². The maximum atomic E-state index is 12.9. The van der Waals surface area contributed by atoms with Crippen LogP contribution < -0.4 is 5.73 Å². The van der Waals surface area contributed by atoms with Crippen LogP contribution in [-0.2, 0) is 0 Å². The van der Waals surface area contributed by atoms with Crippen LogP contribution in [0.15, 0.2) is 24.3 Å². The van der Waals surface area contributed by atoms with Gasteiger partial charge in [0, 0.05) is 6.04 Å². The lowest BCUT2D eigenvalue weighted by molar-refractivity contribution is 0.442. The lowest BCUT2D eigenvalue weighted by Crippen LogP contribution is -2.11. The maximum Gasteiger partial charge on any atom is 0.194 e. The number of halogens is 3. The summed E-state index contributed by atoms with van der Waals surface area (Å²) in [7, 11) is 0. The van der Waals surface area contributed by atoms with Gasteiger partial charge in [0.1, 0.15) is 0 Å². The molecule has 0 spiro atoms. The molecule has 0 heterocycles. The van der Waals surface area contributed by atoms with Crippen LogP contribution in [0.4, 0.5) is 13.2 Å². The zero-order valence-electron chi connectivity index (χ0n) is 9.06. The highest BCUT2D eigenvalue weighted by atomic mass is 19.2. The number of hydrogen-bond acceptors (Lipinski definition) is 1. The van der Waals surface area contributed by atoms with Crippen LogP contribution in [0.2, 0.25) is 0 Å². The molecular weight excluding hydrogens is 215 g/mol. The van der Waals surface area contributed by atoms with Crippen molar-refractivity contribution in [2.24, 2.45) is 5.73 Å². The Kier molecular flexibility index (Phi) is 4.12. The molecular formula is C12H14F3N. The predicted octanol–water partition coefficient (Wildman–Crippen LogP) is 3.46. The first-order chi connectivity index (χ1) is 7.41. The van der Waals surface area contributed by atoms with Gasteiger partial charge in [-0.2, -0.15) is 0 Å². The van der Waals surface area contributed by atoms with Gasteiger partial charge in [0.2, 0.25) is 0 Å². The van der Waals surface area contributed by atoms with Gasteiger partial charge in [-0.05, 0) is 37.5 Å². The van der Waals surface area contributed by atoms with E-state index in [1.807, 2.05) is 6.92 Å². The smallest absolute Gasteiger partial charge is 0.194 e. The van der Waals surface area contributed by atoms with Gasteiger partial charge < -0.3 is 5.73 Å². The Morgan fingerprint density at radius 1 is 1.31 bits per heavy atom. The van der Waals surface area contributed by atoms with E-state index >= 15 is 0 Å². The standard InChI is InChI=1S/C12H14F3N/c1-7(2)3-4-11(16)8-5-9(13)12(15)10(14)6-8/h5-6,11H,1,3-4,16H2,2H3. The van der Waals surface area contributed by atoms with Crippen LogP contribution in [-0.4, -0.2) is 0 Å².